The van der Waals surface area contributed by atoms with Crippen molar-refractivity contribution in [3.8, 4) is 0 Å². The van der Waals surface area contributed by atoms with E-state index < -0.39 is 0 Å². The quantitative estimate of drug-likeness (QED) is 0.436. The molecule has 0 radical (unpaired) electrons. The highest BCUT2D eigenvalue weighted by molar-refractivity contribution is 5.65. The zero-order valence-corrected chi connectivity index (χ0v) is 15.7. The lowest BCUT2D eigenvalue weighted by atomic mass is 10.1. The number of unbranched alkanes of at least 4 members (excludes halogenated alkanes) is 9. The van der Waals surface area contributed by atoms with E-state index in [0.29, 0.717) is 6.61 Å². The maximum Gasteiger partial charge on any atom is 0.302 e. The van der Waals surface area contributed by atoms with E-state index in [1.165, 1.54) is 69.6 Å². The Balaban J connectivity index is -0.000000572. The van der Waals surface area contributed by atoms with E-state index in [4.69, 9.17) is 4.74 Å². The van der Waals surface area contributed by atoms with Crippen molar-refractivity contribution in [3.63, 3.8) is 0 Å². The topological polar surface area (TPSA) is 30.7 Å². The van der Waals surface area contributed by atoms with E-state index in [9.17, 15) is 4.79 Å². The number of carbonyl (C=O) groups is 1. The maximum absolute atomic E-state index is 10.5. The highest BCUT2D eigenvalue weighted by Gasteiger charge is 1.94. The average molecular weight is 324 g/mol. The average Bonchev–Trinajstić information content (AvgIpc) is 2.35. The van der Waals surface area contributed by atoms with Gasteiger partial charge in [0.1, 0.15) is 0 Å². The number of quaternary nitrogens is 1. The van der Waals surface area contributed by atoms with Crippen molar-refractivity contribution < 1.29 is 26.8 Å². The summed E-state index contributed by atoms with van der Waals surface area (Å²) in [6.07, 6.45) is 13.1. The van der Waals surface area contributed by atoms with Gasteiger partial charge in [0.15, 0.2) is 0 Å². The normalized spacial score (nSPS) is 9.62. The summed E-state index contributed by atoms with van der Waals surface area (Å²) < 4.78 is 4.87. The molecule has 0 aromatic rings. The van der Waals surface area contributed by atoms with Gasteiger partial charge in [-0.25, -0.2) is 0 Å². The van der Waals surface area contributed by atoms with Gasteiger partial charge in [0.05, 0.1) is 27.7 Å². The molecule has 0 fully saturated rings. The summed E-state index contributed by atoms with van der Waals surface area (Å²) >= 11 is 0. The van der Waals surface area contributed by atoms with Gasteiger partial charge >= 0.3 is 5.97 Å². The number of hydrogen-bond acceptors (Lipinski definition) is 2. The molecule has 0 amide bonds. The molecule has 0 heterocycles. The van der Waals surface area contributed by atoms with Crippen LogP contribution in [0.2, 0.25) is 0 Å². The number of nitrogens with one attached hydrogen (secondary N) is 1. The smallest absolute Gasteiger partial charge is 0.302 e. The molecule has 0 spiro atoms. The van der Waals surface area contributed by atoms with Crippen molar-refractivity contribution in [2.24, 2.45) is 0 Å². The maximum atomic E-state index is 10.5. The molecule has 0 aliphatic carbocycles. The van der Waals surface area contributed by atoms with Gasteiger partial charge < -0.3 is 22.0 Å². The van der Waals surface area contributed by atoms with Crippen molar-refractivity contribution in [1.29, 1.82) is 0 Å². The van der Waals surface area contributed by atoms with Crippen molar-refractivity contribution in [2.75, 3.05) is 27.7 Å². The summed E-state index contributed by atoms with van der Waals surface area (Å²) in [5, 5.41) is 0. The van der Waals surface area contributed by atoms with Gasteiger partial charge in [0.2, 0.25) is 0 Å². The zero-order chi connectivity index (χ0) is 15.6. The number of carbonyl (C=O) groups excluding carboxylic acids is 1. The van der Waals surface area contributed by atoms with Gasteiger partial charge in [-0.3, -0.25) is 4.79 Å². The Bertz CT molecular complexity index is 196. The fraction of sp³-hybridized carbons (Fsp3) is 0.941. The van der Waals surface area contributed by atoms with Crippen LogP contribution < -0.4 is 17.3 Å². The molecular formula is C17H38ClNO2. The highest BCUT2D eigenvalue weighted by atomic mass is 35.5. The van der Waals surface area contributed by atoms with Crippen LogP contribution in [0.1, 0.15) is 78.1 Å². The van der Waals surface area contributed by atoms with Gasteiger partial charge in [-0.05, 0) is 6.42 Å². The minimum Gasteiger partial charge on any atom is -1.00 e. The fourth-order valence-corrected chi connectivity index (χ4v) is 1.81. The summed E-state index contributed by atoms with van der Waals surface area (Å²) in [6.45, 7) is 4.32. The Kier molecular flexibility index (Phi) is 26.9. The first kappa shape index (κ1) is 25.7. The molecule has 0 bridgehead atoms. The molecule has 1 N–H and O–H groups in total. The SMILES string of the molecule is CCCCCCCCCCCCOC(C)=O.C[NH+](C)C.[Cl-]. The number of ether oxygens (including phenoxy) is 1. The van der Waals surface area contributed by atoms with Crippen LogP contribution in [0.25, 0.3) is 0 Å². The molecule has 3 nitrogen and oxygen atoms in total. The van der Waals surface area contributed by atoms with E-state index in [-0.39, 0.29) is 18.4 Å². The summed E-state index contributed by atoms with van der Waals surface area (Å²) in [5.41, 5.74) is 0. The number of esters is 1. The highest BCUT2D eigenvalue weighted by Crippen LogP contribution is 2.10. The molecule has 0 rings (SSSR count). The molecule has 0 saturated carbocycles. The van der Waals surface area contributed by atoms with Crippen LogP contribution >= 0.6 is 0 Å². The number of hydrogen-bond donors (Lipinski definition) is 1. The van der Waals surface area contributed by atoms with Crippen LogP contribution in [0, 0.1) is 0 Å². The summed E-state index contributed by atoms with van der Waals surface area (Å²) in [5.74, 6) is -0.157. The summed E-state index contributed by atoms with van der Waals surface area (Å²) in [6, 6.07) is 0. The molecule has 4 heteroatoms. The third-order valence-electron chi connectivity index (χ3n) is 2.80. The lowest BCUT2D eigenvalue weighted by Crippen LogP contribution is -3.02. The predicted molar refractivity (Wildman–Crippen MR) is 87.2 cm³/mol. The third-order valence-corrected chi connectivity index (χ3v) is 2.80. The van der Waals surface area contributed by atoms with Crippen LogP contribution in [0.3, 0.4) is 0 Å². The van der Waals surface area contributed by atoms with E-state index in [2.05, 4.69) is 28.1 Å². The molecule has 0 unspecified atom stereocenters. The minimum atomic E-state index is -0.157. The first-order valence-electron chi connectivity index (χ1n) is 8.40. The molecule has 0 aliphatic rings. The van der Waals surface area contributed by atoms with Crippen LogP contribution in [-0.4, -0.2) is 33.7 Å². The molecule has 0 aliphatic heterocycles. The first-order chi connectivity index (χ1) is 9.50. The van der Waals surface area contributed by atoms with Gasteiger partial charge in [-0.2, -0.15) is 0 Å². The number of rotatable bonds is 11. The molecule has 0 saturated heterocycles. The minimum absolute atomic E-state index is 0. The summed E-state index contributed by atoms with van der Waals surface area (Å²) in [4.78, 5) is 11.9. The van der Waals surface area contributed by atoms with E-state index in [1.54, 1.807) is 0 Å². The van der Waals surface area contributed by atoms with Gasteiger partial charge in [0, 0.05) is 6.92 Å². The fourth-order valence-electron chi connectivity index (χ4n) is 1.81. The first-order valence-corrected chi connectivity index (χ1v) is 8.40. The van der Waals surface area contributed by atoms with Crippen molar-refractivity contribution >= 4 is 5.97 Å². The Morgan fingerprint density at radius 3 is 1.48 bits per heavy atom. The second kappa shape index (κ2) is 22.0. The molecule has 21 heavy (non-hydrogen) atoms. The number of halogens is 1. The third kappa shape index (κ3) is 38.3. The van der Waals surface area contributed by atoms with E-state index in [1.807, 2.05) is 0 Å². The second-order valence-corrected chi connectivity index (χ2v) is 6.02. The van der Waals surface area contributed by atoms with Crippen molar-refractivity contribution in [2.45, 2.75) is 78.1 Å². The largest absolute Gasteiger partial charge is 1.00 e. The van der Waals surface area contributed by atoms with Gasteiger partial charge in [-0.15, -0.1) is 0 Å². The monoisotopic (exact) mass is 323 g/mol. The van der Waals surface area contributed by atoms with Crippen LogP contribution in [0.5, 0.6) is 0 Å². The molecule has 0 aromatic heterocycles. The van der Waals surface area contributed by atoms with Crippen LogP contribution in [0.4, 0.5) is 0 Å². The van der Waals surface area contributed by atoms with E-state index in [0.717, 1.165) is 6.42 Å². The molecule has 0 atom stereocenters. The van der Waals surface area contributed by atoms with Gasteiger partial charge in [0.25, 0.3) is 0 Å². The Hall–Kier alpha value is -0.280. The predicted octanol–water partition coefficient (Wildman–Crippen LogP) is 0.235. The Morgan fingerprint density at radius 2 is 1.14 bits per heavy atom. The standard InChI is InChI=1S/C14H28O2.C3H9N.ClH/c1-3-4-5-6-7-8-9-10-11-12-13-16-14(2)15;1-4(2)3;/h3-13H2,1-2H3;1-3H3;1H. The van der Waals surface area contributed by atoms with Crippen molar-refractivity contribution in [3.05, 3.63) is 0 Å². The lowest BCUT2D eigenvalue weighted by molar-refractivity contribution is -0.836. The Morgan fingerprint density at radius 1 is 0.810 bits per heavy atom. The molecular weight excluding hydrogens is 286 g/mol. The van der Waals surface area contributed by atoms with E-state index >= 15 is 0 Å². The molecule has 0 aromatic carbocycles. The second-order valence-electron chi connectivity index (χ2n) is 6.02. The molecule has 130 valence electrons. The van der Waals surface area contributed by atoms with Gasteiger partial charge in [-0.1, -0.05) is 64.7 Å². The summed E-state index contributed by atoms with van der Waals surface area (Å²) in [7, 11) is 6.25. The van der Waals surface area contributed by atoms with Crippen LogP contribution in [0.15, 0.2) is 0 Å². The Labute approximate surface area is 139 Å². The van der Waals surface area contributed by atoms with Crippen LogP contribution in [-0.2, 0) is 9.53 Å². The van der Waals surface area contributed by atoms with Crippen molar-refractivity contribution in [1.82, 2.24) is 0 Å². The lowest BCUT2D eigenvalue weighted by Gasteiger charge is -2.02. The zero-order valence-electron chi connectivity index (χ0n) is 15.0.